The summed E-state index contributed by atoms with van der Waals surface area (Å²) in [6.07, 6.45) is 1.94. The number of halogens is 2. The number of aromatic nitrogens is 2. The lowest BCUT2D eigenvalue weighted by atomic mass is 9.94. The fraction of sp³-hybridized carbons (Fsp3) is 0.241. The Morgan fingerprint density at radius 1 is 1.05 bits per heavy atom. The molecule has 3 aromatic carbocycles. The lowest BCUT2D eigenvalue weighted by Gasteiger charge is -2.31. The highest BCUT2D eigenvalue weighted by atomic mass is 19.1. The van der Waals surface area contributed by atoms with Gasteiger partial charge in [0.05, 0.1) is 16.6 Å². The Hall–Kier alpha value is -4.04. The molecule has 0 bridgehead atoms. The molecule has 1 aromatic heterocycles. The summed E-state index contributed by atoms with van der Waals surface area (Å²) >= 11 is 0. The fourth-order valence-electron chi connectivity index (χ4n) is 5.17. The Labute approximate surface area is 213 Å². The third-order valence-corrected chi connectivity index (χ3v) is 7.05. The maximum Gasteiger partial charge on any atom is 0.257 e. The number of fused-ring (bicyclic) bond motifs is 2. The monoisotopic (exact) mass is 500 g/mol. The molecule has 2 aliphatic rings. The predicted molar refractivity (Wildman–Crippen MR) is 139 cm³/mol. The van der Waals surface area contributed by atoms with Crippen LogP contribution in [0.2, 0.25) is 0 Å². The number of amides is 1. The molecule has 0 atom stereocenters. The summed E-state index contributed by atoms with van der Waals surface area (Å²) in [4.78, 5) is 23.6. The quantitative estimate of drug-likeness (QED) is 0.349. The summed E-state index contributed by atoms with van der Waals surface area (Å²) in [6.45, 7) is 5.15. The number of imidazole rings is 1. The van der Waals surface area contributed by atoms with Crippen molar-refractivity contribution in [2.75, 3.05) is 25.0 Å². The van der Waals surface area contributed by atoms with Crippen molar-refractivity contribution in [3.05, 3.63) is 89.2 Å². The SMILES string of the molecule is CCN1CCC(Oc2ccc3c(c2)C(=C(c2cc(F)cc(F)c2)c2nc4ccccc4[nH]2)C(=O)N3)CC1. The number of nitrogens with one attached hydrogen (secondary N) is 2. The van der Waals surface area contributed by atoms with Crippen LogP contribution in [-0.2, 0) is 4.79 Å². The molecular formula is C29H26F2N4O2. The summed E-state index contributed by atoms with van der Waals surface area (Å²) in [5.74, 6) is -0.847. The van der Waals surface area contributed by atoms with E-state index in [1.54, 1.807) is 6.07 Å². The number of piperidine rings is 1. The van der Waals surface area contributed by atoms with Crippen molar-refractivity contribution in [2.24, 2.45) is 0 Å². The Kier molecular flexibility index (Phi) is 5.96. The Morgan fingerprint density at radius 3 is 2.54 bits per heavy atom. The van der Waals surface area contributed by atoms with Crippen LogP contribution in [0.15, 0.2) is 60.7 Å². The predicted octanol–water partition coefficient (Wildman–Crippen LogP) is 5.62. The smallest absolute Gasteiger partial charge is 0.257 e. The summed E-state index contributed by atoms with van der Waals surface area (Å²) in [5, 5.41) is 2.89. The van der Waals surface area contributed by atoms with Crippen molar-refractivity contribution in [1.29, 1.82) is 0 Å². The molecule has 8 heteroatoms. The van der Waals surface area contributed by atoms with Gasteiger partial charge in [0.25, 0.3) is 5.91 Å². The molecule has 2 N–H and O–H groups in total. The van der Waals surface area contributed by atoms with E-state index >= 15 is 0 Å². The van der Waals surface area contributed by atoms with E-state index in [0.29, 0.717) is 33.9 Å². The number of likely N-dealkylation sites (tertiary alicyclic amines) is 1. The third-order valence-electron chi connectivity index (χ3n) is 7.05. The molecule has 37 heavy (non-hydrogen) atoms. The zero-order valence-electron chi connectivity index (χ0n) is 20.4. The Morgan fingerprint density at radius 2 is 1.81 bits per heavy atom. The van der Waals surface area contributed by atoms with Crippen LogP contribution in [0, 0.1) is 11.6 Å². The molecular weight excluding hydrogens is 474 g/mol. The largest absolute Gasteiger partial charge is 0.490 e. The van der Waals surface area contributed by atoms with Gasteiger partial charge in [-0.3, -0.25) is 4.79 Å². The highest BCUT2D eigenvalue weighted by Gasteiger charge is 2.31. The van der Waals surface area contributed by atoms with Crippen molar-refractivity contribution >= 4 is 33.8 Å². The van der Waals surface area contributed by atoms with E-state index in [-0.39, 0.29) is 23.1 Å². The van der Waals surface area contributed by atoms with Gasteiger partial charge in [-0.25, -0.2) is 13.8 Å². The number of hydrogen-bond acceptors (Lipinski definition) is 4. The highest BCUT2D eigenvalue weighted by molar-refractivity contribution is 6.38. The number of ether oxygens (including phenoxy) is 1. The van der Waals surface area contributed by atoms with Gasteiger partial charge in [-0.05, 0) is 67.4 Å². The van der Waals surface area contributed by atoms with Crippen molar-refractivity contribution in [2.45, 2.75) is 25.9 Å². The van der Waals surface area contributed by atoms with E-state index in [4.69, 9.17) is 4.74 Å². The highest BCUT2D eigenvalue weighted by Crippen LogP contribution is 2.41. The first-order chi connectivity index (χ1) is 18.0. The van der Waals surface area contributed by atoms with Gasteiger partial charge in [0.2, 0.25) is 0 Å². The van der Waals surface area contributed by atoms with E-state index in [1.807, 2.05) is 36.4 Å². The molecule has 1 amide bonds. The van der Waals surface area contributed by atoms with Gasteiger partial charge in [0, 0.05) is 36.0 Å². The molecule has 0 radical (unpaired) electrons. The number of H-pyrrole nitrogens is 1. The Bertz CT molecular complexity index is 1480. The third kappa shape index (κ3) is 4.49. The molecule has 0 aliphatic carbocycles. The second-order valence-corrected chi connectivity index (χ2v) is 9.42. The lowest BCUT2D eigenvalue weighted by molar-refractivity contribution is -0.110. The molecule has 4 aromatic rings. The van der Waals surface area contributed by atoms with Crippen molar-refractivity contribution in [3.8, 4) is 5.75 Å². The van der Waals surface area contributed by atoms with Crippen LogP contribution in [0.1, 0.15) is 36.7 Å². The molecule has 6 rings (SSSR count). The number of rotatable bonds is 5. The minimum atomic E-state index is -0.738. The standard InChI is InChI=1S/C29H26F2N4O2/c1-2-35-11-9-20(10-12-35)37-21-7-8-23-22(16-21)27(29(36)34-23)26(17-13-18(30)15-19(31)14-17)28-32-24-5-3-4-6-25(24)33-28/h3-8,13-16,20H,2,9-12H2,1H3,(H,32,33)(H,34,36). The van der Waals surface area contributed by atoms with Gasteiger partial charge in [-0.15, -0.1) is 0 Å². The summed E-state index contributed by atoms with van der Waals surface area (Å²) in [7, 11) is 0. The number of anilines is 1. The van der Waals surface area contributed by atoms with Gasteiger partial charge in [0.1, 0.15) is 29.3 Å². The van der Waals surface area contributed by atoms with Crippen LogP contribution in [-0.4, -0.2) is 46.5 Å². The number of hydrogen-bond donors (Lipinski definition) is 2. The summed E-state index contributed by atoms with van der Waals surface area (Å²) < 4.78 is 35.0. The number of benzene rings is 3. The number of aromatic amines is 1. The summed E-state index contributed by atoms with van der Waals surface area (Å²) in [6, 6.07) is 16.1. The number of para-hydroxylation sites is 2. The van der Waals surface area contributed by atoms with Crippen LogP contribution >= 0.6 is 0 Å². The van der Waals surface area contributed by atoms with Crippen molar-refractivity contribution < 1.29 is 18.3 Å². The molecule has 1 fully saturated rings. The normalized spacial score (nSPS) is 17.6. The van der Waals surface area contributed by atoms with Crippen LogP contribution in [0.4, 0.5) is 14.5 Å². The second kappa shape index (κ2) is 9.44. The van der Waals surface area contributed by atoms with Gasteiger partial charge < -0.3 is 19.9 Å². The van der Waals surface area contributed by atoms with E-state index in [0.717, 1.165) is 44.1 Å². The molecule has 0 saturated carbocycles. The molecule has 0 spiro atoms. The molecule has 3 heterocycles. The van der Waals surface area contributed by atoms with E-state index < -0.39 is 11.6 Å². The zero-order chi connectivity index (χ0) is 25.5. The first-order valence-electron chi connectivity index (χ1n) is 12.5. The van der Waals surface area contributed by atoms with Crippen LogP contribution in [0.5, 0.6) is 5.75 Å². The minimum Gasteiger partial charge on any atom is -0.490 e. The average molecular weight is 501 g/mol. The average Bonchev–Trinajstić information content (AvgIpc) is 3.45. The molecule has 0 unspecified atom stereocenters. The second-order valence-electron chi connectivity index (χ2n) is 9.42. The molecule has 188 valence electrons. The maximum absolute atomic E-state index is 14.3. The van der Waals surface area contributed by atoms with Gasteiger partial charge in [-0.1, -0.05) is 19.1 Å². The molecule has 6 nitrogen and oxygen atoms in total. The summed E-state index contributed by atoms with van der Waals surface area (Å²) in [5.41, 5.74) is 3.47. The van der Waals surface area contributed by atoms with Gasteiger partial charge in [-0.2, -0.15) is 0 Å². The maximum atomic E-state index is 14.3. The first-order valence-corrected chi connectivity index (χ1v) is 12.5. The first kappa shape index (κ1) is 23.4. The van der Waals surface area contributed by atoms with Crippen LogP contribution in [0.25, 0.3) is 22.2 Å². The van der Waals surface area contributed by atoms with Crippen molar-refractivity contribution in [1.82, 2.24) is 14.9 Å². The topological polar surface area (TPSA) is 70.2 Å². The van der Waals surface area contributed by atoms with E-state index in [9.17, 15) is 13.6 Å². The minimum absolute atomic E-state index is 0.0884. The van der Waals surface area contributed by atoms with E-state index in [2.05, 4.69) is 27.1 Å². The van der Waals surface area contributed by atoms with E-state index in [1.165, 1.54) is 12.1 Å². The number of nitrogens with zero attached hydrogens (tertiary/aromatic N) is 2. The number of carbonyl (C=O) groups excluding carboxylic acids is 1. The Balaban J connectivity index is 1.48. The number of carbonyl (C=O) groups is 1. The van der Waals surface area contributed by atoms with Gasteiger partial charge in [0.15, 0.2) is 0 Å². The zero-order valence-corrected chi connectivity index (χ0v) is 20.4. The molecule has 1 saturated heterocycles. The fourth-order valence-corrected chi connectivity index (χ4v) is 5.17. The molecule has 2 aliphatic heterocycles. The van der Waals surface area contributed by atoms with Crippen molar-refractivity contribution in [3.63, 3.8) is 0 Å². The van der Waals surface area contributed by atoms with Crippen LogP contribution < -0.4 is 10.1 Å². The van der Waals surface area contributed by atoms with Gasteiger partial charge >= 0.3 is 0 Å². The lowest BCUT2D eigenvalue weighted by Crippen LogP contribution is -2.37. The van der Waals surface area contributed by atoms with Crippen LogP contribution in [0.3, 0.4) is 0 Å².